The summed E-state index contributed by atoms with van der Waals surface area (Å²) in [4.78, 5) is 23.9. The second kappa shape index (κ2) is 9.60. The van der Waals surface area contributed by atoms with Crippen LogP contribution in [-0.4, -0.2) is 57.6 Å². The van der Waals surface area contributed by atoms with Gasteiger partial charge in [0.1, 0.15) is 11.3 Å². The summed E-state index contributed by atoms with van der Waals surface area (Å²) in [5.74, 6) is -0.785. The van der Waals surface area contributed by atoms with Gasteiger partial charge in [0.05, 0.1) is 6.61 Å². The molecule has 1 aromatic carbocycles. The van der Waals surface area contributed by atoms with E-state index >= 15 is 0 Å². The van der Waals surface area contributed by atoms with Crippen molar-refractivity contribution in [3.05, 3.63) is 29.8 Å². The van der Waals surface area contributed by atoms with E-state index in [4.69, 9.17) is 18.9 Å². The van der Waals surface area contributed by atoms with Gasteiger partial charge < -0.3 is 29.4 Å². The highest BCUT2D eigenvalue weighted by molar-refractivity contribution is 6.76. The highest BCUT2D eigenvalue weighted by Gasteiger charge is 2.62. The van der Waals surface area contributed by atoms with E-state index in [0.29, 0.717) is 18.8 Å². The van der Waals surface area contributed by atoms with Gasteiger partial charge >= 0.3 is 12.1 Å². The third-order valence-corrected chi connectivity index (χ3v) is 6.60. The summed E-state index contributed by atoms with van der Waals surface area (Å²) in [5, 5.41) is 12.2. The Hall–Kier alpha value is -2.10. The third kappa shape index (κ3) is 6.72. The molecule has 29 heavy (non-hydrogen) atoms. The molecule has 3 atom stereocenters. The number of alkyl carbamates (subject to hydrolysis) is 1. The highest BCUT2D eigenvalue weighted by Crippen LogP contribution is 2.52. The molecule has 0 aromatic heterocycles. The van der Waals surface area contributed by atoms with Gasteiger partial charge in [0, 0.05) is 21.1 Å². The van der Waals surface area contributed by atoms with E-state index in [2.05, 4.69) is 25.0 Å². The first-order chi connectivity index (χ1) is 13.6. The molecule has 0 saturated heterocycles. The quantitative estimate of drug-likeness (QED) is 0.414. The zero-order chi connectivity index (χ0) is 21.7. The third-order valence-electron chi connectivity index (χ3n) is 4.90. The Morgan fingerprint density at radius 1 is 1.28 bits per heavy atom. The number of methoxy groups -OCH3 is 1. The predicted octanol–water partition coefficient (Wildman–Crippen LogP) is 3.41. The van der Waals surface area contributed by atoms with Gasteiger partial charge in [0.25, 0.3) is 0 Å². The van der Waals surface area contributed by atoms with E-state index in [9.17, 15) is 14.7 Å². The summed E-state index contributed by atoms with van der Waals surface area (Å²) in [5.41, 5.74) is -0.511. The minimum absolute atomic E-state index is 0.0433. The maximum Gasteiger partial charge on any atom is 0.408 e. The first kappa shape index (κ1) is 23.2. The molecule has 0 radical (unpaired) electrons. The van der Waals surface area contributed by atoms with Crippen molar-refractivity contribution in [2.45, 2.75) is 56.8 Å². The number of carboxylic acid groups (broad SMARTS) is 1. The number of rotatable bonds is 11. The van der Waals surface area contributed by atoms with E-state index in [0.717, 1.165) is 11.6 Å². The van der Waals surface area contributed by atoms with E-state index in [1.54, 1.807) is 38.3 Å². The summed E-state index contributed by atoms with van der Waals surface area (Å²) in [6.07, 6.45) is -0.730. The van der Waals surface area contributed by atoms with E-state index in [1.165, 1.54) is 0 Å². The molecule has 0 spiro atoms. The topological polar surface area (TPSA) is 103 Å². The lowest BCUT2D eigenvalue weighted by molar-refractivity contribution is -0.149. The number of hydrogen-bond donors (Lipinski definition) is 2. The Kier molecular flexibility index (Phi) is 7.67. The fourth-order valence-corrected chi connectivity index (χ4v) is 3.54. The van der Waals surface area contributed by atoms with E-state index in [1.807, 2.05) is 0 Å². The van der Waals surface area contributed by atoms with Crippen molar-refractivity contribution in [3.8, 4) is 5.75 Å². The van der Waals surface area contributed by atoms with Crippen LogP contribution in [-0.2, 0) is 19.0 Å². The Labute approximate surface area is 172 Å². The van der Waals surface area contributed by atoms with Gasteiger partial charge in [0.15, 0.2) is 13.1 Å². The minimum atomic E-state index is -1.33. The monoisotopic (exact) mass is 425 g/mol. The Morgan fingerprint density at radius 3 is 2.48 bits per heavy atom. The maximum atomic E-state index is 12.1. The molecule has 1 aliphatic carbocycles. The van der Waals surface area contributed by atoms with E-state index in [-0.39, 0.29) is 19.0 Å². The number of aliphatic carboxylic acids is 1. The summed E-state index contributed by atoms with van der Waals surface area (Å²) >= 11 is 0. The number of benzene rings is 1. The number of ether oxygens (including phenoxy) is 4. The van der Waals surface area contributed by atoms with Gasteiger partial charge in [-0.3, -0.25) is 0 Å². The molecule has 2 N–H and O–H groups in total. The second-order valence-corrected chi connectivity index (χ2v) is 14.0. The van der Waals surface area contributed by atoms with Crippen molar-refractivity contribution >= 4 is 20.1 Å². The zero-order valence-corrected chi connectivity index (χ0v) is 18.7. The highest BCUT2D eigenvalue weighted by atomic mass is 28.3. The average Bonchev–Trinajstić information content (AvgIpc) is 3.36. The van der Waals surface area contributed by atoms with Crippen LogP contribution in [0.25, 0.3) is 0 Å². The van der Waals surface area contributed by atoms with Gasteiger partial charge in [-0.25, -0.2) is 9.59 Å². The molecule has 1 amide bonds. The SMILES string of the molecule is COC(C)OCOc1ccc([C@H]2C[C@@]2(NC(=O)OCC[Si](C)(C)C)C(=O)O)cc1. The number of carbonyl (C=O) groups is 2. The van der Waals surface area contributed by atoms with Crippen LogP contribution in [0.1, 0.15) is 24.8 Å². The van der Waals surface area contributed by atoms with Crippen molar-refractivity contribution in [2.75, 3.05) is 20.5 Å². The molecule has 1 aromatic rings. The van der Waals surface area contributed by atoms with Crippen LogP contribution < -0.4 is 10.1 Å². The number of carboxylic acids is 1. The van der Waals surface area contributed by atoms with Crippen molar-refractivity contribution in [3.63, 3.8) is 0 Å². The number of amides is 1. The average molecular weight is 426 g/mol. The predicted molar refractivity (Wildman–Crippen MR) is 110 cm³/mol. The molecule has 1 fully saturated rings. The normalized spacial score (nSPS) is 21.9. The van der Waals surface area contributed by atoms with Crippen LogP contribution in [0.15, 0.2) is 24.3 Å². The van der Waals surface area contributed by atoms with Gasteiger partial charge in [-0.05, 0) is 37.1 Å². The van der Waals surface area contributed by atoms with Crippen LogP contribution in [0, 0.1) is 0 Å². The molecule has 9 heteroatoms. The van der Waals surface area contributed by atoms with Gasteiger partial charge in [-0.2, -0.15) is 0 Å². The van der Waals surface area contributed by atoms with Crippen molar-refractivity contribution in [1.82, 2.24) is 5.32 Å². The molecular formula is C20H31NO7Si. The van der Waals surface area contributed by atoms with Crippen LogP contribution in [0.2, 0.25) is 25.7 Å². The maximum absolute atomic E-state index is 12.1. The van der Waals surface area contributed by atoms with Gasteiger partial charge in [0.2, 0.25) is 0 Å². The lowest BCUT2D eigenvalue weighted by Gasteiger charge is -2.18. The molecule has 2 rings (SSSR count). The molecule has 0 heterocycles. The Bertz CT molecular complexity index is 704. The number of nitrogens with one attached hydrogen (secondary N) is 1. The molecule has 8 nitrogen and oxygen atoms in total. The molecule has 1 saturated carbocycles. The smallest absolute Gasteiger partial charge is 0.408 e. The lowest BCUT2D eigenvalue weighted by Crippen LogP contribution is -2.45. The summed E-state index contributed by atoms with van der Waals surface area (Å²) in [7, 11) is 0.214. The zero-order valence-electron chi connectivity index (χ0n) is 17.7. The summed E-state index contributed by atoms with van der Waals surface area (Å²) < 4.78 is 20.9. The molecular weight excluding hydrogens is 394 g/mol. The van der Waals surface area contributed by atoms with Gasteiger partial charge in [-0.15, -0.1) is 0 Å². The second-order valence-electron chi connectivity index (χ2n) is 8.41. The molecule has 0 bridgehead atoms. The Balaban J connectivity index is 1.90. The number of hydrogen-bond acceptors (Lipinski definition) is 6. The van der Waals surface area contributed by atoms with E-state index < -0.39 is 25.7 Å². The first-order valence-corrected chi connectivity index (χ1v) is 13.3. The summed E-state index contributed by atoms with van der Waals surface area (Å²) in [6.45, 7) is 8.65. The molecule has 1 unspecified atom stereocenters. The lowest BCUT2D eigenvalue weighted by atomic mass is 10.1. The van der Waals surface area contributed by atoms with Crippen LogP contribution >= 0.6 is 0 Å². The number of carbonyl (C=O) groups excluding carboxylic acids is 1. The minimum Gasteiger partial charge on any atom is -0.479 e. The van der Waals surface area contributed by atoms with Crippen LogP contribution in [0.4, 0.5) is 4.79 Å². The largest absolute Gasteiger partial charge is 0.479 e. The van der Waals surface area contributed by atoms with Gasteiger partial charge in [-0.1, -0.05) is 31.8 Å². The van der Waals surface area contributed by atoms with Crippen molar-refractivity contribution < 1.29 is 33.6 Å². The summed E-state index contributed by atoms with van der Waals surface area (Å²) in [6, 6.07) is 7.91. The fourth-order valence-electron chi connectivity index (χ4n) is 2.82. The molecule has 0 aliphatic heterocycles. The van der Waals surface area contributed by atoms with Crippen molar-refractivity contribution in [1.29, 1.82) is 0 Å². The molecule has 1 aliphatic rings. The van der Waals surface area contributed by atoms with Crippen molar-refractivity contribution in [2.24, 2.45) is 0 Å². The molecule has 162 valence electrons. The van der Waals surface area contributed by atoms with Crippen LogP contribution in [0.3, 0.4) is 0 Å². The first-order valence-electron chi connectivity index (χ1n) is 9.63. The fraction of sp³-hybridized carbons (Fsp3) is 0.600. The van der Waals surface area contributed by atoms with Crippen LogP contribution in [0.5, 0.6) is 5.75 Å². The standard InChI is InChI=1S/C20H31NO7Si/c1-14(25-2)27-13-28-16-8-6-15(7-9-16)17-12-20(17,18(22)23)21-19(24)26-10-11-29(3,4)5/h6-9,14,17H,10-13H2,1-5H3,(H,21,24)(H,22,23)/t14?,17-,20+/m1/s1. The Morgan fingerprint density at radius 2 is 1.93 bits per heavy atom.